The number of amides is 1. The summed E-state index contributed by atoms with van der Waals surface area (Å²) in [6.07, 6.45) is 2.58. The number of rotatable bonds is 9. The molecule has 0 aliphatic heterocycles. The van der Waals surface area contributed by atoms with E-state index in [1.165, 1.54) is 20.3 Å². The van der Waals surface area contributed by atoms with Crippen LogP contribution in [0, 0.1) is 0 Å². The maximum Gasteiger partial charge on any atom is 0.220 e. The van der Waals surface area contributed by atoms with E-state index in [4.69, 9.17) is 5.73 Å². The first-order chi connectivity index (χ1) is 9.54. The van der Waals surface area contributed by atoms with E-state index in [0.29, 0.717) is 26.1 Å². The average molecular weight is 305 g/mol. The van der Waals surface area contributed by atoms with Gasteiger partial charge in [-0.05, 0) is 26.9 Å². The lowest BCUT2D eigenvalue weighted by molar-refractivity contribution is -0.135. The second-order valence-electron chi connectivity index (χ2n) is 3.93. The van der Waals surface area contributed by atoms with Crippen molar-refractivity contribution >= 4 is 27.0 Å². The summed E-state index contributed by atoms with van der Waals surface area (Å²) in [6.45, 7) is 3.24. The first-order valence-corrected chi connectivity index (χ1v) is 7.11. The monoisotopic (exact) mass is 305 g/mol. The van der Waals surface area contributed by atoms with Crippen molar-refractivity contribution in [1.82, 2.24) is 10.2 Å². The van der Waals surface area contributed by atoms with Crippen molar-refractivity contribution in [2.75, 3.05) is 33.7 Å². The van der Waals surface area contributed by atoms with Crippen LogP contribution in [-0.4, -0.2) is 62.4 Å². The van der Waals surface area contributed by atoms with Crippen molar-refractivity contribution < 1.29 is 9.59 Å². The minimum Gasteiger partial charge on any atom is -0.390 e. The van der Waals surface area contributed by atoms with Gasteiger partial charge in [-0.25, -0.2) is 0 Å². The molecule has 0 aromatic heterocycles. The zero-order valence-corrected chi connectivity index (χ0v) is 13.8. The van der Waals surface area contributed by atoms with Crippen molar-refractivity contribution in [3.05, 3.63) is 0 Å². The summed E-state index contributed by atoms with van der Waals surface area (Å²) in [6, 6.07) is -0.395. The van der Waals surface area contributed by atoms with Crippen LogP contribution >= 0.6 is 9.24 Å². The Morgan fingerprint density at radius 3 is 2.45 bits per heavy atom. The molecular formula is C12H28N5O2P. The summed E-state index contributed by atoms with van der Waals surface area (Å²) in [7, 11) is 5.47. The largest absolute Gasteiger partial charge is 0.390 e. The highest BCUT2D eigenvalue weighted by Crippen LogP contribution is 2.12. The number of nitrogens with two attached hydrogens (primary N) is 2. The van der Waals surface area contributed by atoms with Crippen LogP contribution in [0.25, 0.3) is 0 Å². The lowest BCUT2D eigenvalue weighted by atomic mass is 10.1. The standard InChI is InChI=1S/C11H23N4O2P.CH5N/c1-9(16)15(7-6-13-2)10(11(17)18)4-3-5-14-8-12;1-2/h8,10,13H,3-7,18H2,1-2H3,(H2,12,14);2H2,1H3. The van der Waals surface area contributed by atoms with Crippen LogP contribution in [0.3, 0.4) is 0 Å². The average Bonchev–Trinajstić information content (AvgIpc) is 2.43. The first-order valence-electron chi connectivity index (χ1n) is 6.53. The zero-order chi connectivity index (χ0) is 16.0. The molecule has 0 fully saturated rings. The first kappa shape index (κ1) is 21.3. The Morgan fingerprint density at radius 1 is 1.45 bits per heavy atom. The predicted molar refractivity (Wildman–Crippen MR) is 86.7 cm³/mol. The molecule has 0 radical (unpaired) electrons. The van der Waals surface area contributed by atoms with Gasteiger partial charge in [-0.15, -0.1) is 0 Å². The number of hydrogen-bond acceptors (Lipinski definition) is 5. The number of nitrogens with one attached hydrogen (secondary N) is 1. The lowest BCUT2D eigenvalue weighted by Crippen LogP contribution is -2.45. The number of carbonyl (C=O) groups excluding carboxylic acids is 2. The van der Waals surface area contributed by atoms with Gasteiger partial charge in [-0.1, -0.05) is 9.24 Å². The molecule has 7 nitrogen and oxygen atoms in total. The van der Waals surface area contributed by atoms with Crippen LogP contribution in [0.5, 0.6) is 0 Å². The summed E-state index contributed by atoms with van der Waals surface area (Å²) in [5.41, 5.74) is 9.57. The molecule has 0 saturated heterocycles. The minimum absolute atomic E-state index is 0.0713. The smallest absolute Gasteiger partial charge is 0.220 e. The van der Waals surface area contributed by atoms with E-state index in [9.17, 15) is 9.59 Å². The van der Waals surface area contributed by atoms with Gasteiger partial charge in [-0.3, -0.25) is 14.6 Å². The molecule has 8 heteroatoms. The van der Waals surface area contributed by atoms with Gasteiger partial charge in [-0.2, -0.15) is 0 Å². The van der Waals surface area contributed by atoms with Gasteiger partial charge >= 0.3 is 0 Å². The quantitative estimate of drug-likeness (QED) is 0.223. The molecule has 5 N–H and O–H groups in total. The minimum atomic E-state index is -0.395. The highest BCUT2D eigenvalue weighted by Gasteiger charge is 2.24. The van der Waals surface area contributed by atoms with E-state index in [1.807, 2.05) is 7.05 Å². The summed E-state index contributed by atoms with van der Waals surface area (Å²) in [4.78, 5) is 28.7. The van der Waals surface area contributed by atoms with E-state index < -0.39 is 6.04 Å². The highest BCUT2D eigenvalue weighted by molar-refractivity contribution is 7.40. The van der Waals surface area contributed by atoms with Crippen LogP contribution in [0.1, 0.15) is 19.8 Å². The molecule has 0 bridgehead atoms. The SMILES string of the molecule is CN.CNCCN(C(C)=O)C(CCCN=CN)C(=O)P. The number of hydrogen-bond donors (Lipinski definition) is 3. The zero-order valence-electron chi connectivity index (χ0n) is 12.6. The normalized spacial score (nSPS) is 11.7. The predicted octanol–water partition coefficient (Wildman–Crippen LogP) is -0.833. The maximum absolute atomic E-state index is 11.6. The number of likely N-dealkylation sites (N-methyl/N-ethyl adjacent to an activating group) is 1. The molecule has 0 heterocycles. The fourth-order valence-corrected chi connectivity index (χ4v) is 2.01. The molecule has 2 unspecified atom stereocenters. The van der Waals surface area contributed by atoms with Crippen LogP contribution in [0.4, 0.5) is 0 Å². The fourth-order valence-electron chi connectivity index (χ4n) is 1.67. The third kappa shape index (κ3) is 9.83. The molecule has 20 heavy (non-hydrogen) atoms. The van der Waals surface area contributed by atoms with E-state index in [2.05, 4.69) is 25.3 Å². The van der Waals surface area contributed by atoms with Gasteiger partial charge in [0.05, 0.1) is 12.4 Å². The van der Waals surface area contributed by atoms with Crippen LogP contribution in [-0.2, 0) is 9.59 Å². The second kappa shape index (κ2) is 14.4. The van der Waals surface area contributed by atoms with Crippen LogP contribution in [0.2, 0.25) is 0 Å². The van der Waals surface area contributed by atoms with E-state index in [-0.39, 0.29) is 11.4 Å². The Morgan fingerprint density at radius 2 is 2.05 bits per heavy atom. The summed E-state index contributed by atoms with van der Waals surface area (Å²) >= 11 is 0. The molecule has 0 aliphatic rings. The number of nitrogens with zero attached hydrogens (tertiary/aromatic N) is 2. The highest BCUT2D eigenvalue weighted by atomic mass is 31.0. The Labute approximate surface area is 123 Å². The van der Waals surface area contributed by atoms with Crippen LogP contribution in [0.15, 0.2) is 4.99 Å². The second-order valence-corrected chi connectivity index (χ2v) is 4.50. The number of aliphatic imine (C=N–C) groups is 1. The topological polar surface area (TPSA) is 114 Å². The van der Waals surface area contributed by atoms with Crippen molar-refractivity contribution in [2.45, 2.75) is 25.8 Å². The summed E-state index contributed by atoms with van der Waals surface area (Å²) in [5, 5.41) is 2.97. The Balaban J connectivity index is 0. The third-order valence-corrected chi connectivity index (χ3v) is 2.97. The van der Waals surface area contributed by atoms with Crippen LogP contribution < -0.4 is 16.8 Å². The van der Waals surface area contributed by atoms with Gasteiger partial charge in [0.25, 0.3) is 0 Å². The van der Waals surface area contributed by atoms with Gasteiger partial charge in [0.1, 0.15) is 0 Å². The molecule has 0 aliphatic carbocycles. The number of carbonyl (C=O) groups is 2. The van der Waals surface area contributed by atoms with Gasteiger partial charge in [0.15, 0.2) is 5.52 Å². The van der Waals surface area contributed by atoms with E-state index in [0.717, 1.165) is 6.42 Å². The van der Waals surface area contributed by atoms with E-state index in [1.54, 1.807) is 4.90 Å². The van der Waals surface area contributed by atoms with Gasteiger partial charge < -0.3 is 21.7 Å². The fraction of sp³-hybridized carbons (Fsp3) is 0.750. The molecule has 2 atom stereocenters. The van der Waals surface area contributed by atoms with Crippen molar-refractivity contribution in [1.29, 1.82) is 0 Å². The molecule has 0 spiro atoms. The molecule has 1 amide bonds. The van der Waals surface area contributed by atoms with E-state index >= 15 is 0 Å². The van der Waals surface area contributed by atoms with Crippen molar-refractivity contribution in [3.8, 4) is 0 Å². The summed E-state index contributed by atoms with van der Waals surface area (Å²) < 4.78 is 0. The van der Waals surface area contributed by atoms with Crippen molar-refractivity contribution in [3.63, 3.8) is 0 Å². The van der Waals surface area contributed by atoms with Gasteiger partial charge in [0, 0.05) is 26.6 Å². The summed E-state index contributed by atoms with van der Waals surface area (Å²) in [5.74, 6) is -0.0895. The molecule has 0 saturated carbocycles. The van der Waals surface area contributed by atoms with Crippen molar-refractivity contribution in [2.24, 2.45) is 16.5 Å². The molecule has 0 rings (SSSR count). The van der Waals surface area contributed by atoms with Gasteiger partial charge in [0.2, 0.25) is 5.91 Å². The molecule has 0 aromatic rings. The lowest BCUT2D eigenvalue weighted by Gasteiger charge is -2.29. The maximum atomic E-state index is 11.6. The Hall–Kier alpha value is -1.04. The Bertz CT molecular complexity index is 300. The Kier molecular flexibility index (Phi) is 15.3. The third-order valence-electron chi connectivity index (χ3n) is 2.58. The molecule has 0 aromatic carbocycles. The molecule has 118 valence electrons. The molecular weight excluding hydrogens is 277 g/mol.